The molecule has 1 amide bonds. The lowest BCUT2D eigenvalue weighted by Crippen LogP contribution is -2.27. The number of para-hydroxylation sites is 2. The number of rotatable bonds is 5. The minimum absolute atomic E-state index is 0.165. The molecule has 0 radical (unpaired) electrons. The van der Waals surface area contributed by atoms with Crippen molar-refractivity contribution < 1.29 is 19.1 Å². The monoisotopic (exact) mass is 456 g/mol. The van der Waals surface area contributed by atoms with Crippen molar-refractivity contribution in [3.05, 3.63) is 95.7 Å². The van der Waals surface area contributed by atoms with Gasteiger partial charge in [-0.3, -0.25) is 5.32 Å². The summed E-state index contributed by atoms with van der Waals surface area (Å²) in [6, 6.07) is 24.7. The molecule has 0 fully saturated rings. The highest BCUT2D eigenvalue weighted by Gasteiger charge is 2.23. The second-order valence-electron chi connectivity index (χ2n) is 9.08. The fourth-order valence-corrected chi connectivity index (χ4v) is 3.81. The smallest absolute Gasteiger partial charge is 0.412 e. The highest BCUT2D eigenvalue weighted by molar-refractivity contribution is 5.99. The van der Waals surface area contributed by atoms with Gasteiger partial charge in [-0.05, 0) is 57.0 Å². The standard InChI is InChI=1S/C28H28N2O4/c1-19-11-10-15-22(29-27(32)34-28(2,3)4)25(19)30-23-16-9-8-14-21(23)17-24(30)26(31)33-18-20-12-6-5-7-13-20/h5-17H,18H2,1-4H3,(H,29,32). The van der Waals surface area contributed by atoms with E-state index in [2.05, 4.69) is 5.32 Å². The van der Waals surface area contributed by atoms with E-state index in [1.807, 2.05) is 105 Å². The first-order valence-corrected chi connectivity index (χ1v) is 11.1. The third-order valence-corrected chi connectivity index (χ3v) is 5.23. The van der Waals surface area contributed by atoms with Gasteiger partial charge in [0.1, 0.15) is 17.9 Å². The fourth-order valence-electron chi connectivity index (χ4n) is 3.81. The Bertz CT molecular complexity index is 1330. The summed E-state index contributed by atoms with van der Waals surface area (Å²) in [6.45, 7) is 7.53. The molecule has 0 saturated carbocycles. The van der Waals surface area contributed by atoms with E-state index in [1.165, 1.54) is 0 Å². The number of anilines is 1. The van der Waals surface area contributed by atoms with Gasteiger partial charge in [0.25, 0.3) is 0 Å². The van der Waals surface area contributed by atoms with E-state index < -0.39 is 17.7 Å². The first-order valence-electron chi connectivity index (χ1n) is 11.1. The summed E-state index contributed by atoms with van der Waals surface area (Å²) in [7, 11) is 0. The Balaban J connectivity index is 1.77. The van der Waals surface area contributed by atoms with Crippen LogP contribution in [0.3, 0.4) is 0 Å². The summed E-state index contributed by atoms with van der Waals surface area (Å²) < 4.78 is 13.0. The molecule has 6 heteroatoms. The maximum Gasteiger partial charge on any atom is 0.412 e. The number of hydrogen-bond donors (Lipinski definition) is 1. The van der Waals surface area contributed by atoms with Gasteiger partial charge in [0.15, 0.2) is 0 Å². The Morgan fingerprint density at radius 3 is 2.35 bits per heavy atom. The van der Waals surface area contributed by atoms with Gasteiger partial charge >= 0.3 is 12.1 Å². The third-order valence-electron chi connectivity index (χ3n) is 5.23. The summed E-state index contributed by atoms with van der Waals surface area (Å²) in [4.78, 5) is 25.8. The van der Waals surface area contributed by atoms with Crippen LogP contribution in [0.1, 0.15) is 42.4 Å². The van der Waals surface area contributed by atoms with Crippen LogP contribution in [0.5, 0.6) is 0 Å². The Hall–Kier alpha value is -4.06. The highest BCUT2D eigenvalue weighted by Crippen LogP contribution is 2.32. The predicted molar refractivity (Wildman–Crippen MR) is 133 cm³/mol. The summed E-state index contributed by atoms with van der Waals surface area (Å²) >= 11 is 0. The molecule has 1 N–H and O–H groups in total. The van der Waals surface area contributed by atoms with Crippen LogP contribution in [0, 0.1) is 6.92 Å². The van der Waals surface area contributed by atoms with Crippen LogP contribution in [-0.4, -0.2) is 22.2 Å². The van der Waals surface area contributed by atoms with Crippen molar-refractivity contribution in [3.63, 3.8) is 0 Å². The molecule has 1 aromatic heterocycles. The molecule has 174 valence electrons. The van der Waals surface area contributed by atoms with Crippen molar-refractivity contribution in [1.29, 1.82) is 0 Å². The number of nitrogens with zero attached hydrogens (tertiary/aromatic N) is 1. The van der Waals surface area contributed by atoms with Gasteiger partial charge in [-0.25, -0.2) is 9.59 Å². The molecule has 0 unspecified atom stereocenters. The van der Waals surface area contributed by atoms with Crippen LogP contribution in [0.4, 0.5) is 10.5 Å². The highest BCUT2D eigenvalue weighted by atomic mass is 16.6. The van der Waals surface area contributed by atoms with Gasteiger partial charge in [0, 0.05) is 5.39 Å². The lowest BCUT2D eigenvalue weighted by atomic mass is 10.1. The molecule has 0 saturated heterocycles. The Kier molecular flexibility index (Phi) is 6.41. The molecule has 1 heterocycles. The number of carbonyl (C=O) groups excluding carboxylic acids is 2. The molecule has 4 aromatic rings. The molecular formula is C28H28N2O4. The topological polar surface area (TPSA) is 69.6 Å². The Morgan fingerprint density at radius 2 is 1.62 bits per heavy atom. The molecule has 0 atom stereocenters. The van der Waals surface area contributed by atoms with Gasteiger partial charge < -0.3 is 14.0 Å². The second kappa shape index (κ2) is 9.43. The van der Waals surface area contributed by atoms with Gasteiger partial charge in [-0.1, -0.05) is 60.7 Å². The lowest BCUT2D eigenvalue weighted by Gasteiger charge is -2.22. The second-order valence-corrected chi connectivity index (χ2v) is 9.08. The average Bonchev–Trinajstić information content (AvgIpc) is 3.16. The molecule has 0 aliphatic heterocycles. The predicted octanol–water partition coefficient (Wildman–Crippen LogP) is 6.64. The quantitative estimate of drug-likeness (QED) is 0.342. The molecule has 6 nitrogen and oxygen atoms in total. The Morgan fingerprint density at radius 1 is 0.912 bits per heavy atom. The number of esters is 1. The molecule has 0 spiro atoms. The van der Waals surface area contributed by atoms with Crippen molar-refractivity contribution in [1.82, 2.24) is 4.57 Å². The maximum absolute atomic E-state index is 13.3. The zero-order valence-corrected chi connectivity index (χ0v) is 19.8. The summed E-state index contributed by atoms with van der Waals surface area (Å²) in [5.74, 6) is -0.452. The molecule has 34 heavy (non-hydrogen) atoms. The lowest BCUT2D eigenvalue weighted by molar-refractivity contribution is 0.0463. The van der Waals surface area contributed by atoms with E-state index in [9.17, 15) is 9.59 Å². The third kappa shape index (κ3) is 5.12. The minimum Gasteiger partial charge on any atom is -0.456 e. The normalized spacial score (nSPS) is 11.3. The number of ether oxygens (including phenoxy) is 2. The number of carbonyl (C=O) groups is 2. The van der Waals surface area contributed by atoms with Crippen LogP contribution >= 0.6 is 0 Å². The number of fused-ring (bicyclic) bond motifs is 1. The molecule has 4 rings (SSSR count). The van der Waals surface area contributed by atoms with E-state index in [1.54, 1.807) is 6.07 Å². The van der Waals surface area contributed by atoms with Crippen LogP contribution < -0.4 is 5.32 Å². The van der Waals surface area contributed by atoms with E-state index in [4.69, 9.17) is 9.47 Å². The fraction of sp³-hybridized carbons (Fsp3) is 0.214. The van der Waals surface area contributed by atoms with Crippen LogP contribution in [0.2, 0.25) is 0 Å². The zero-order chi connectivity index (χ0) is 24.3. The van der Waals surface area contributed by atoms with Crippen LogP contribution in [-0.2, 0) is 16.1 Å². The van der Waals surface area contributed by atoms with E-state index >= 15 is 0 Å². The summed E-state index contributed by atoms with van der Waals surface area (Å²) in [5, 5.41) is 3.74. The largest absolute Gasteiger partial charge is 0.456 e. The van der Waals surface area contributed by atoms with E-state index in [-0.39, 0.29) is 6.61 Å². The van der Waals surface area contributed by atoms with Gasteiger partial charge in [0.2, 0.25) is 0 Å². The van der Waals surface area contributed by atoms with Crippen molar-refractivity contribution in [3.8, 4) is 5.69 Å². The van der Waals surface area contributed by atoms with Crippen molar-refractivity contribution in [2.24, 2.45) is 0 Å². The van der Waals surface area contributed by atoms with Gasteiger partial charge in [0.05, 0.1) is 16.9 Å². The number of aromatic nitrogens is 1. The van der Waals surface area contributed by atoms with Crippen LogP contribution in [0.15, 0.2) is 78.9 Å². The SMILES string of the molecule is Cc1cccc(NC(=O)OC(C)(C)C)c1-n1c(C(=O)OCc2ccccc2)cc2ccccc21. The zero-order valence-electron chi connectivity index (χ0n) is 19.8. The van der Waals surface area contributed by atoms with Crippen molar-refractivity contribution in [2.75, 3.05) is 5.32 Å². The van der Waals surface area contributed by atoms with E-state index in [0.29, 0.717) is 17.1 Å². The number of benzene rings is 3. The number of hydrogen-bond acceptors (Lipinski definition) is 4. The molecule has 0 aliphatic rings. The molecule has 0 bridgehead atoms. The molecule has 0 aliphatic carbocycles. The van der Waals surface area contributed by atoms with Gasteiger partial charge in [-0.2, -0.15) is 0 Å². The number of amides is 1. The first kappa shape index (κ1) is 23.1. The summed E-state index contributed by atoms with van der Waals surface area (Å²) in [5.41, 5.74) is 3.57. The number of nitrogens with one attached hydrogen (secondary N) is 1. The van der Waals surface area contributed by atoms with Crippen LogP contribution in [0.25, 0.3) is 16.6 Å². The molecular weight excluding hydrogens is 428 g/mol. The molecule has 3 aromatic carbocycles. The Labute approximate surface area is 199 Å². The van der Waals surface area contributed by atoms with E-state index in [0.717, 1.165) is 22.0 Å². The van der Waals surface area contributed by atoms with Crippen molar-refractivity contribution in [2.45, 2.75) is 39.9 Å². The summed E-state index contributed by atoms with van der Waals surface area (Å²) in [6.07, 6.45) is -0.566. The minimum atomic E-state index is -0.638. The van der Waals surface area contributed by atoms with Gasteiger partial charge in [-0.15, -0.1) is 0 Å². The first-order chi connectivity index (χ1) is 16.2. The number of aryl methyl sites for hydroxylation is 1. The average molecular weight is 457 g/mol. The van der Waals surface area contributed by atoms with Crippen molar-refractivity contribution >= 4 is 28.7 Å². The maximum atomic E-state index is 13.3.